The third-order valence-electron chi connectivity index (χ3n) is 4.65. The Bertz CT molecular complexity index is 1010. The third-order valence-corrected chi connectivity index (χ3v) is 6.54. The van der Waals surface area contributed by atoms with Gasteiger partial charge in [0.05, 0.1) is 16.0 Å². The second-order valence-corrected chi connectivity index (χ2v) is 8.49. The zero-order valence-corrected chi connectivity index (χ0v) is 16.0. The average Bonchev–Trinajstić information content (AvgIpc) is 2.94. The van der Waals surface area contributed by atoms with Crippen molar-refractivity contribution in [2.75, 3.05) is 26.2 Å². The van der Waals surface area contributed by atoms with Crippen LogP contribution in [0.25, 0.3) is 0 Å². The summed E-state index contributed by atoms with van der Waals surface area (Å²) in [6, 6.07) is 9.05. The molecule has 0 N–H and O–H groups in total. The molecule has 1 saturated heterocycles. The molecule has 10 heteroatoms. The van der Waals surface area contributed by atoms with Crippen molar-refractivity contribution in [1.29, 1.82) is 0 Å². The van der Waals surface area contributed by atoms with Gasteiger partial charge >= 0.3 is 6.18 Å². The SMILES string of the molecule is O=C(c1ccccc1F)N1CCCN(S(=O)(=O)c2cccc(C(F)(F)F)c2)CC1. The van der Waals surface area contributed by atoms with E-state index < -0.39 is 38.4 Å². The lowest BCUT2D eigenvalue weighted by Crippen LogP contribution is -2.37. The van der Waals surface area contributed by atoms with E-state index in [1.165, 1.54) is 23.1 Å². The molecule has 0 bridgehead atoms. The molecule has 1 fully saturated rings. The number of benzene rings is 2. The Balaban J connectivity index is 1.78. The van der Waals surface area contributed by atoms with Crippen LogP contribution in [0.5, 0.6) is 0 Å². The maximum absolute atomic E-state index is 13.9. The molecule has 1 heterocycles. The topological polar surface area (TPSA) is 57.7 Å². The van der Waals surface area contributed by atoms with Gasteiger partial charge in [0.1, 0.15) is 5.82 Å². The molecule has 2 aromatic carbocycles. The molecule has 0 unspecified atom stereocenters. The Kier molecular flexibility index (Phi) is 5.95. The van der Waals surface area contributed by atoms with Crippen LogP contribution in [0.1, 0.15) is 22.3 Å². The monoisotopic (exact) mass is 430 g/mol. The highest BCUT2D eigenvalue weighted by Gasteiger charge is 2.34. The van der Waals surface area contributed by atoms with E-state index in [1.54, 1.807) is 0 Å². The number of rotatable bonds is 3. The third kappa shape index (κ3) is 4.59. The van der Waals surface area contributed by atoms with E-state index in [0.717, 1.165) is 28.6 Å². The van der Waals surface area contributed by atoms with Crippen molar-refractivity contribution in [2.24, 2.45) is 0 Å². The van der Waals surface area contributed by atoms with Crippen molar-refractivity contribution in [2.45, 2.75) is 17.5 Å². The number of carbonyl (C=O) groups is 1. The van der Waals surface area contributed by atoms with Crippen molar-refractivity contribution < 1.29 is 30.8 Å². The van der Waals surface area contributed by atoms with Crippen LogP contribution in [0.3, 0.4) is 0 Å². The quantitative estimate of drug-likeness (QED) is 0.702. The Morgan fingerprint density at radius 1 is 0.931 bits per heavy atom. The number of sulfonamides is 1. The lowest BCUT2D eigenvalue weighted by atomic mass is 10.2. The summed E-state index contributed by atoms with van der Waals surface area (Å²) in [7, 11) is -4.17. The number of amides is 1. The summed E-state index contributed by atoms with van der Waals surface area (Å²) in [5, 5.41) is 0. The number of nitrogens with zero attached hydrogens (tertiary/aromatic N) is 2. The van der Waals surface area contributed by atoms with Crippen LogP contribution in [0.15, 0.2) is 53.4 Å². The Hall–Kier alpha value is -2.46. The zero-order valence-electron chi connectivity index (χ0n) is 15.2. The van der Waals surface area contributed by atoms with Crippen LogP contribution in [0, 0.1) is 5.82 Å². The van der Waals surface area contributed by atoms with Crippen LogP contribution in [-0.4, -0.2) is 49.7 Å². The minimum atomic E-state index is -4.66. The van der Waals surface area contributed by atoms with Crippen molar-refractivity contribution in [3.63, 3.8) is 0 Å². The summed E-state index contributed by atoms with van der Waals surface area (Å²) in [5.74, 6) is -1.23. The highest BCUT2D eigenvalue weighted by atomic mass is 32.2. The van der Waals surface area contributed by atoms with Crippen molar-refractivity contribution >= 4 is 15.9 Å². The molecule has 0 aromatic heterocycles. The van der Waals surface area contributed by atoms with E-state index in [1.807, 2.05) is 0 Å². The molecule has 156 valence electrons. The fourth-order valence-electron chi connectivity index (χ4n) is 3.12. The van der Waals surface area contributed by atoms with Gasteiger partial charge < -0.3 is 4.90 Å². The summed E-state index contributed by atoms with van der Waals surface area (Å²) >= 11 is 0. The van der Waals surface area contributed by atoms with Crippen molar-refractivity contribution in [3.05, 3.63) is 65.5 Å². The number of carbonyl (C=O) groups excluding carboxylic acids is 1. The predicted octanol–water partition coefficient (Wildman–Crippen LogP) is 3.38. The van der Waals surface area contributed by atoms with Crippen molar-refractivity contribution in [3.8, 4) is 0 Å². The van der Waals surface area contributed by atoms with Crippen molar-refractivity contribution in [1.82, 2.24) is 9.21 Å². The van der Waals surface area contributed by atoms with Gasteiger partial charge in [-0.25, -0.2) is 12.8 Å². The molecule has 1 amide bonds. The average molecular weight is 430 g/mol. The first kappa shape index (κ1) is 21.3. The summed E-state index contributed by atoms with van der Waals surface area (Å²) in [4.78, 5) is 13.4. The van der Waals surface area contributed by atoms with Crippen LogP contribution in [0.4, 0.5) is 17.6 Å². The van der Waals surface area contributed by atoms with E-state index in [9.17, 15) is 30.8 Å². The Morgan fingerprint density at radius 3 is 2.34 bits per heavy atom. The van der Waals surface area contributed by atoms with Gasteiger partial charge in [0.25, 0.3) is 5.91 Å². The molecule has 0 radical (unpaired) electrons. The van der Waals surface area contributed by atoms with Gasteiger partial charge in [-0.05, 0) is 36.8 Å². The molecule has 0 atom stereocenters. The highest BCUT2D eigenvalue weighted by molar-refractivity contribution is 7.89. The van der Waals surface area contributed by atoms with Crippen LogP contribution < -0.4 is 0 Å². The van der Waals surface area contributed by atoms with E-state index in [2.05, 4.69) is 0 Å². The standard InChI is InChI=1S/C19H18F4N2O3S/c20-17-8-2-1-7-16(17)18(26)24-9-4-10-25(12-11-24)29(27,28)15-6-3-5-14(13-15)19(21,22)23/h1-3,5-8,13H,4,9-12H2. The Morgan fingerprint density at radius 2 is 1.66 bits per heavy atom. The lowest BCUT2D eigenvalue weighted by Gasteiger charge is -2.22. The summed E-state index contributed by atoms with van der Waals surface area (Å²) < 4.78 is 79.3. The van der Waals surface area contributed by atoms with Gasteiger partial charge in [0.15, 0.2) is 0 Å². The minimum absolute atomic E-state index is 0.00532. The molecule has 0 spiro atoms. The number of hydrogen-bond donors (Lipinski definition) is 0. The number of hydrogen-bond acceptors (Lipinski definition) is 3. The van der Waals surface area contributed by atoms with Gasteiger partial charge in [0, 0.05) is 26.2 Å². The van der Waals surface area contributed by atoms with Gasteiger partial charge in [0.2, 0.25) is 10.0 Å². The lowest BCUT2D eigenvalue weighted by molar-refractivity contribution is -0.137. The van der Waals surface area contributed by atoms with Gasteiger partial charge in [-0.2, -0.15) is 17.5 Å². The van der Waals surface area contributed by atoms with Crippen LogP contribution >= 0.6 is 0 Å². The van der Waals surface area contributed by atoms with Gasteiger partial charge in [-0.1, -0.05) is 18.2 Å². The first-order chi connectivity index (χ1) is 13.6. The van der Waals surface area contributed by atoms with E-state index >= 15 is 0 Å². The van der Waals surface area contributed by atoms with E-state index in [-0.39, 0.29) is 38.2 Å². The fraction of sp³-hybridized carbons (Fsp3) is 0.316. The maximum Gasteiger partial charge on any atom is 0.416 e. The summed E-state index contributed by atoms with van der Waals surface area (Å²) in [6.07, 6.45) is -4.38. The molecule has 5 nitrogen and oxygen atoms in total. The molecule has 0 saturated carbocycles. The molecular formula is C19H18F4N2O3S. The van der Waals surface area contributed by atoms with E-state index in [0.29, 0.717) is 6.07 Å². The fourth-order valence-corrected chi connectivity index (χ4v) is 4.64. The second-order valence-electron chi connectivity index (χ2n) is 6.56. The highest BCUT2D eigenvalue weighted by Crippen LogP contribution is 2.31. The Labute approximate surface area is 165 Å². The van der Waals surface area contributed by atoms with Crippen LogP contribution in [-0.2, 0) is 16.2 Å². The number of alkyl halides is 3. The first-order valence-electron chi connectivity index (χ1n) is 8.82. The number of halogens is 4. The van der Waals surface area contributed by atoms with Gasteiger partial charge in [-0.3, -0.25) is 4.79 Å². The zero-order chi connectivity index (χ0) is 21.2. The van der Waals surface area contributed by atoms with E-state index in [4.69, 9.17) is 0 Å². The maximum atomic E-state index is 13.9. The summed E-state index contributed by atoms with van der Waals surface area (Å²) in [6.45, 7) is 0.158. The molecule has 0 aliphatic carbocycles. The first-order valence-corrected chi connectivity index (χ1v) is 10.3. The molecule has 1 aliphatic rings. The smallest absolute Gasteiger partial charge is 0.337 e. The molecule has 1 aliphatic heterocycles. The molecule has 29 heavy (non-hydrogen) atoms. The van der Waals surface area contributed by atoms with Gasteiger partial charge in [-0.15, -0.1) is 0 Å². The normalized spacial score (nSPS) is 16.5. The molecule has 3 rings (SSSR count). The molecule has 2 aromatic rings. The van der Waals surface area contributed by atoms with Crippen LogP contribution in [0.2, 0.25) is 0 Å². The largest absolute Gasteiger partial charge is 0.416 e. The predicted molar refractivity (Wildman–Crippen MR) is 97.1 cm³/mol. The second kappa shape index (κ2) is 8.11. The summed E-state index contributed by atoms with van der Waals surface area (Å²) in [5.41, 5.74) is -1.16. The molecular weight excluding hydrogens is 412 g/mol. The minimum Gasteiger partial charge on any atom is -0.337 e.